The Morgan fingerprint density at radius 2 is 2.06 bits per heavy atom. The van der Waals surface area contributed by atoms with E-state index in [1.165, 1.54) is 0 Å². The van der Waals surface area contributed by atoms with Gasteiger partial charge < -0.3 is 5.32 Å². The van der Waals surface area contributed by atoms with Crippen molar-refractivity contribution in [2.24, 2.45) is 12.0 Å². The lowest BCUT2D eigenvalue weighted by atomic mass is 10.1. The molecule has 0 amide bonds. The van der Waals surface area contributed by atoms with Gasteiger partial charge in [0.05, 0.1) is 24.0 Å². The quantitative estimate of drug-likeness (QED) is 0.791. The van der Waals surface area contributed by atoms with Crippen molar-refractivity contribution in [3.8, 4) is 0 Å². The van der Waals surface area contributed by atoms with Crippen LogP contribution in [0.3, 0.4) is 0 Å². The normalized spacial score (nSPS) is 14.5. The number of nitrogens with zero attached hydrogens (tertiary/aromatic N) is 3. The highest BCUT2D eigenvalue weighted by Gasteiger charge is 2.18. The molecule has 0 bridgehead atoms. The Kier molecular flexibility index (Phi) is 2.68. The third-order valence-corrected chi connectivity index (χ3v) is 3.28. The standard InChI is InChI=1S/C13H12N4S/c1-17-12-10(7-15-17)13(18)14-8-11(16-12)9-5-3-2-4-6-9/h2-7H,8H2,1H3,(H,14,18). The molecule has 0 atom stereocenters. The third-order valence-electron chi connectivity index (χ3n) is 2.92. The molecule has 0 saturated carbocycles. The zero-order valence-corrected chi connectivity index (χ0v) is 10.7. The van der Waals surface area contributed by atoms with Crippen molar-refractivity contribution in [2.45, 2.75) is 0 Å². The van der Waals surface area contributed by atoms with E-state index in [0.717, 1.165) is 22.7 Å². The number of rotatable bonds is 1. The fraction of sp³-hybridized carbons (Fsp3) is 0.154. The summed E-state index contributed by atoms with van der Waals surface area (Å²) in [6, 6.07) is 10.1. The summed E-state index contributed by atoms with van der Waals surface area (Å²) in [4.78, 5) is 5.39. The molecule has 1 aromatic heterocycles. The molecule has 4 nitrogen and oxygen atoms in total. The topological polar surface area (TPSA) is 42.2 Å². The van der Waals surface area contributed by atoms with Crippen LogP contribution in [0.5, 0.6) is 0 Å². The van der Waals surface area contributed by atoms with Crippen LogP contribution in [0, 0.1) is 0 Å². The molecule has 90 valence electrons. The Labute approximate surface area is 110 Å². The summed E-state index contributed by atoms with van der Waals surface area (Å²) in [5.74, 6) is 0.809. The predicted octanol–water partition coefficient (Wildman–Crippen LogP) is 1.82. The van der Waals surface area contributed by atoms with Gasteiger partial charge in [0.2, 0.25) is 0 Å². The molecule has 1 aromatic carbocycles. The summed E-state index contributed by atoms with van der Waals surface area (Å²) in [7, 11) is 1.87. The first-order valence-electron chi connectivity index (χ1n) is 5.69. The molecule has 1 aliphatic heterocycles. The van der Waals surface area contributed by atoms with E-state index >= 15 is 0 Å². The zero-order valence-electron chi connectivity index (χ0n) is 9.92. The maximum absolute atomic E-state index is 5.33. The van der Waals surface area contributed by atoms with E-state index in [-0.39, 0.29) is 0 Å². The molecule has 5 heteroatoms. The van der Waals surface area contributed by atoms with Crippen LogP contribution in [0.4, 0.5) is 5.82 Å². The molecule has 1 aliphatic rings. The number of hydrogen-bond acceptors (Lipinski definition) is 3. The molecule has 0 spiro atoms. The molecular weight excluding hydrogens is 244 g/mol. The summed E-state index contributed by atoms with van der Waals surface area (Å²) >= 11 is 5.33. The number of nitrogens with one attached hydrogen (secondary N) is 1. The monoisotopic (exact) mass is 256 g/mol. The maximum Gasteiger partial charge on any atom is 0.160 e. The molecule has 2 heterocycles. The second kappa shape index (κ2) is 4.34. The van der Waals surface area contributed by atoms with Gasteiger partial charge in [-0.1, -0.05) is 42.5 Å². The second-order valence-electron chi connectivity index (χ2n) is 4.11. The van der Waals surface area contributed by atoms with Gasteiger partial charge in [-0.2, -0.15) is 5.10 Å². The molecule has 3 rings (SSSR count). The number of aryl methyl sites for hydroxylation is 1. The van der Waals surface area contributed by atoms with Gasteiger partial charge in [-0.3, -0.25) is 4.68 Å². The Hall–Kier alpha value is -2.01. The first-order chi connectivity index (χ1) is 8.75. The number of benzene rings is 1. The first kappa shape index (κ1) is 11.1. The average Bonchev–Trinajstić information content (AvgIpc) is 2.67. The van der Waals surface area contributed by atoms with Gasteiger partial charge in [-0.05, 0) is 5.56 Å². The summed E-state index contributed by atoms with van der Waals surface area (Å²) < 4.78 is 1.75. The van der Waals surface area contributed by atoms with E-state index in [1.54, 1.807) is 10.9 Å². The Bertz CT molecular complexity index is 628. The van der Waals surface area contributed by atoms with Crippen LogP contribution in [-0.2, 0) is 7.05 Å². The second-order valence-corrected chi connectivity index (χ2v) is 4.52. The van der Waals surface area contributed by atoms with Gasteiger partial charge in [-0.25, -0.2) is 4.99 Å². The van der Waals surface area contributed by atoms with Crippen LogP contribution in [0.15, 0.2) is 41.5 Å². The average molecular weight is 256 g/mol. The van der Waals surface area contributed by atoms with E-state index in [2.05, 4.69) is 15.4 Å². The summed E-state index contributed by atoms with van der Waals surface area (Å²) in [6.07, 6.45) is 1.75. The highest BCUT2D eigenvalue weighted by atomic mass is 32.1. The Morgan fingerprint density at radius 1 is 1.28 bits per heavy atom. The number of aromatic nitrogens is 2. The van der Waals surface area contributed by atoms with Crippen molar-refractivity contribution >= 4 is 28.7 Å². The number of fused-ring (bicyclic) bond motifs is 1. The van der Waals surface area contributed by atoms with Crippen LogP contribution in [0.1, 0.15) is 11.1 Å². The SMILES string of the molecule is Cn1ncc2c1N=C(c1ccccc1)CNC2=S. The number of thiocarbonyl (C=S) groups is 1. The number of aliphatic imine (C=N–C) groups is 1. The van der Waals surface area contributed by atoms with Gasteiger partial charge in [-0.15, -0.1) is 0 Å². The van der Waals surface area contributed by atoms with E-state index in [0.29, 0.717) is 11.5 Å². The summed E-state index contributed by atoms with van der Waals surface area (Å²) in [6.45, 7) is 0.636. The number of hydrogen-bond donors (Lipinski definition) is 1. The lowest BCUT2D eigenvalue weighted by Crippen LogP contribution is -2.27. The first-order valence-corrected chi connectivity index (χ1v) is 6.10. The zero-order chi connectivity index (χ0) is 12.5. The van der Waals surface area contributed by atoms with E-state index in [9.17, 15) is 0 Å². The minimum absolute atomic E-state index is 0.636. The predicted molar refractivity (Wildman–Crippen MR) is 75.5 cm³/mol. The third kappa shape index (κ3) is 1.82. The van der Waals surface area contributed by atoms with Gasteiger partial charge in [0.25, 0.3) is 0 Å². The van der Waals surface area contributed by atoms with Crippen LogP contribution in [0.2, 0.25) is 0 Å². The van der Waals surface area contributed by atoms with Crippen LogP contribution in [0.25, 0.3) is 0 Å². The van der Waals surface area contributed by atoms with Crippen LogP contribution >= 0.6 is 12.2 Å². The van der Waals surface area contributed by atoms with E-state index in [1.807, 2.05) is 37.4 Å². The lowest BCUT2D eigenvalue weighted by molar-refractivity contribution is 0.770. The molecule has 0 radical (unpaired) electrons. The molecule has 0 saturated heterocycles. The minimum Gasteiger partial charge on any atom is -0.370 e. The summed E-state index contributed by atoms with van der Waals surface area (Å²) in [5, 5.41) is 7.41. The fourth-order valence-electron chi connectivity index (χ4n) is 1.95. The fourth-order valence-corrected chi connectivity index (χ4v) is 2.16. The summed E-state index contributed by atoms with van der Waals surface area (Å²) in [5.41, 5.74) is 2.96. The van der Waals surface area contributed by atoms with E-state index < -0.39 is 0 Å². The van der Waals surface area contributed by atoms with Crippen molar-refractivity contribution in [1.82, 2.24) is 15.1 Å². The van der Waals surface area contributed by atoms with Crippen molar-refractivity contribution in [3.63, 3.8) is 0 Å². The molecule has 1 N–H and O–H groups in total. The molecular formula is C13H12N4S. The van der Waals surface area contributed by atoms with Gasteiger partial charge in [0.15, 0.2) is 5.82 Å². The van der Waals surface area contributed by atoms with Gasteiger partial charge in [0, 0.05) is 7.05 Å². The largest absolute Gasteiger partial charge is 0.370 e. The van der Waals surface area contributed by atoms with Crippen molar-refractivity contribution in [3.05, 3.63) is 47.7 Å². The Morgan fingerprint density at radius 3 is 2.83 bits per heavy atom. The molecule has 2 aromatic rings. The van der Waals surface area contributed by atoms with E-state index in [4.69, 9.17) is 12.2 Å². The minimum atomic E-state index is 0.636. The Balaban J connectivity index is 2.12. The molecule has 0 aliphatic carbocycles. The highest BCUT2D eigenvalue weighted by molar-refractivity contribution is 7.80. The molecule has 0 unspecified atom stereocenters. The van der Waals surface area contributed by atoms with Gasteiger partial charge in [0.1, 0.15) is 4.99 Å². The van der Waals surface area contributed by atoms with Crippen molar-refractivity contribution < 1.29 is 0 Å². The van der Waals surface area contributed by atoms with Crippen molar-refractivity contribution in [2.75, 3.05) is 6.54 Å². The maximum atomic E-state index is 5.33. The van der Waals surface area contributed by atoms with Crippen molar-refractivity contribution in [1.29, 1.82) is 0 Å². The van der Waals surface area contributed by atoms with Crippen LogP contribution < -0.4 is 5.32 Å². The van der Waals surface area contributed by atoms with Crippen LogP contribution in [-0.4, -0.2) is 27.0 Å². The molecule has 18 heavy (non-hydrogen) atoms. The lowest BCUT2D eigenvalue weighted by Gasteiger charge is -2.05. The van der Waals surface area contributed by atoms with Gasteiger partial charge >= 0.3 is 0 Å². The highest BCUT2D eigenvalue weighted by Crippen LogP contribution is 2.21. The smallest absolute Gasteiger partial charge is 0.160 e. The molecule has 0 fully saturated rings.